The molecule has 0 bridgehead atoms. The number of carbonyl (C=O) groups is 1. The summed E-state index contributed by atoms with van der Waals surface area (Å²) in [6, 6.07) is 1.79. The molecule has 1 aliphatic rings. The van der Waals surface area contributed by atoms with Crippen LogP contribution >= 0.6 is 0 Å². The molecule has 0 atom stereocenters. The molecule has 2 rings (SSSR count). The molecule has 1 aromatic rings. The van der Waals surface area contributed by atoms with Crippen molar-refractivity contribution in [2.75, 3.05) is 6.54 Å². The number of hydrogen-bond donors (Lipinski definition) is 1. The molecule has 1 heterocycles. The largest absolute Gasteiger partial charge is 0.406 e. The van der Waals surface area contributed by atoms with E-state index < -0.39 is 24.2 Å². The average molecular weight is 261 g/mol. The first-order chi connectivity index (χ1) is 8.37. The number of amides is 1. The maximum Gasteiger partial charge on any atom is 0.406 e. The molecular weight excluding hydrogens is 251 g/mol. The zero-order valence-corrected chi connectivity index (χ0v) is 9.20. The van der Waals surface area contributed by atoms with Crippen LogP contribution in [0.4, 0.5) is 13.2 Å². The Labute approximate surface area is 99.6 Å². The van der Waals surface area contributed by atoms with Gasteiger partial charge in [-0.15, -0.1) is 0 Å². The van der Waals surface area contributed by atoms with Gasteiger partial charge < -0.3 is 4.90 Å². The highest BCUT2D eigenvalue weighted by Crippen LogP contribution is 2.30. The summed E-state index contributed by atoms with van der Waals surface area (Å²) in [5.74, 6) is -0.814. The minimum absolute atomic E-state index is 0.189. The van der Waals surface area contributed by atoms with Crippen molar-refractivity contribution >= 4 is 5.91 Å². The molecule has 98 valence electrons. The fourth-order valence-electron chi connectivity index (χ4n) is 1.56. The third-order valence-electron chi connectivity index (χ3n) is 2.50. The summed E-state index contributed by atoms with van der Waals surface area (Å²) < 4.78 is 37.1. The molecule has 1 fully saturated rings. The number of carbonyl (C=O) groups excluding carboxylic acids is 1. The average Bonchev–Trinajstić information content (AvgIpc) is 3.08. The highest BCUT2D eigenvalue weighted by Gasteiger charge is 2.41. The molecule has 0 saturated heterocycles. The Bertz CT molecular complexity index is 487. The van der Waals surface area contributed by atoms with E-state index in [1.54, 1.807) is 0 Å². The Morgan fingerprint density at radius 3 is 2.56 bits per heavy atom. The van der Waals surface area contributed by atoms with Crippen LogP contribution in [0.25, 0.3) is 0 Å². The Morgan fingerprint density at radius 2 is 2.11 bits per heavy atom. The van der Waals surface area contributed by atoms with Crippen LogP contribution in [0, 0.1) is 0 Å². The van der Waals surface area contributed by atoms with E-state index in [0.29, 0.717) is 12.8 Å². The van der Waals surface area contributed by atoms with Gasteiger partial charge in [0.05, 0.1) is 0 Å². The van der Waals surface area contributed by atoms with Crippen LogP contribution in [-0.2, 0) is 0 Å². The van der Waals surface area contributed by atoms with Crippen LogP contribution in [-0.4, -0.2) is 39.8 Å². The van der Waals surface area contributed by atoms with Gasteiger partial charge in [0, 0.05) is 12.1 Å². The molecule has 18 heavy (non-hydrogen) atoms. The predicted octanol–water partition coefficient (Wildman–Crippen LogP) is 0.937. The van der Waals surface area contributed by atoms with E-state index in [0.717, 1.165) is 17.0 Å². The molecule has 0 spiro atoms. The van der Waals surface area contributed by atoms with Crippen molar-refractivity contribution in [1.82, 2.24) is 15.1 Å². The van der Waals surface area contributed by atoms with Crippen molar-refractivity contribution in [3.8, 4) is 0 Å². The summed E-state index contributed by atoms with van der Waals surface area (Å²) in [5, 5.41) is 5.47. The molecular formula is C10H10F3N3O2. The summed E-state index contributed by atoms with van der Waals surface area (Å²) in [6.07, 6.45) is -3.32. The molecule has 0 radical (unpaired) electrons. The number of halogens is 3. The van der Waals surface area contributed by atoms with Crippen LogP contribution < -0.4 is 5.56 Å². The first-order valence-corrected chi connectivity index (χ1v) is 5.30. The number of hydrogen-bond acceptors (Lipinski definition) is 3. The number of aromatic nitrogens is 2. The number of aromatic amines is 1. The van der Waals surface area contributed by atoms with Crippen LogP contribution in [0.1, 0.15) is 23.3 Å². The summed E-state index contributed by atoms with van der Waals surface area (Å²) in [6.45, 7) is -1.29. The second-order valence-corrected chi connectivity index (χ2v) is 4.09. The summed E-state index contributed by atoms with van der Waals surface area (Å²) in [7, 11) is 0. The fourth-order valence-corrected chi connectivity index (χ4v) is 1.56. The van der Waals surface area contributed by atoms with Gasteiger partial charge in [-0.25, -0.2) is 5.10 Å². The van der Waals surface area contributed by atoms with E-state index in [4.69, 9.17) is 0 Å². The molecule has 0 unspecified atom stereocenters. The van der Waals surface area contributed by atoms with Gasteiger partial charge in [0.1, 0.15) is 12.2 Å². The monoisotopic (exact) mass is 261 g/mol. The van der Waals surface area contributed by atoms with Gasteiger partial charge in [-0.3, -0.25) is 9.59 Å². The van der Waals surface area contributed by atoms with E-state index >= 15 is 0 Å². The third-order valence-corrected chi connectivity index (χ3v) is 2.50. The van der Waals surface area contributed by atoms with Crippen LogP contribution in [0.15, 0.2) is 16.9 Å². The van der Waals surface area contributed by atoms with E-state index in [1.807, 2.05) is 5.10 Å². The number of nitrogens with one attached hydrogen (secondary N) is 1. The van der Waals surface area contributed by atoms with Gasteiger partial charge in [-0.05, 0) is 18.9 Å². The van der Waals surface area contributed by atoms with E-state index in [2.05, 4.69) is 5.10 Å². The SMILES string of the molecule is O=C(c1ccc(=O)[nH]n1)N(CC(F)(F)F)C1CC1. The lowest BCUT2D eigenvalue weighted by Crippen LogP contribution is -2.41. The van der Waals surface area contributed by atoms with Gasteiger partial charge in [0.15, 0.2) is 0 Å². The molecule has 8 heteroatoms. The van der Waals surface area contributed by atoms with Crippen LogP contribution in [0.5, 0.6) is 0 Å². The number of alkyl halides is 3. The summed E-state index contributed by atoms with van der Waals surface area (Å²) in [5.41, 5.74) is -0.703. The Morgan fingerprint density at radius 1 is 1.44 bits per heavy atom. The van der Waals surface area contributed by atoms with Crippen molar-refractivity contribution in [3.05, 3.63) is 28.2 Å². The molecule has 1 amide bonds. The van der Waals surface area contributed by atoms with E-state index in [1.165, 1.54) is 0 Å². The summed E-state index contributed by atoms with van der Waals surface area (Å²) >= 11 is 0. The highest BCUT2D eigenvalue weighted by molar-refractivity contribution is 5.92. The van der Waals surface area contributed by atoms with E-state index in [-0.39, 0.29) is 11.7 Å². The predicted molar refractivity (Wildman–Crippen MR) is 55.0 cm³/mol. The number of rotatable bonds is 3. The molecule has 0 aliphatic heterocycles. The van der Waals surface area contributed by atoms with Gasteiger partial charge >= 0.3 is 6.18 Å². The smallest absolute Gasteiger partial charge is 0.325 e. The van der Waals surface area contributed by atoms with Gasteiger partial charge in [-0.2, -0.15) is 18.3 Å². The molecule has 1 aliphatic carbocycles. The lowest BCUT2D eigenvalue weighted by atomic mass is 10.3. The van der Waals surface area contributed by atoms with Gasteiger partial charge in [0.2, 0.25) is 0 Å². The Balaban J connectivity index is 2.18. The Kier molecular flexibility index (Phi) is 3.10. The molecule has 1 saturated carbocycles. The molecule has 5 nitrogen and oxygen atoms in total. The minimum atomic E-state index is -4.44. The van der Waals surface area contributed by atoms with Crippen LogP contribution in [0.2, 0.25) is 0 Å². The minimum Gasteiger partial charge on any atom is -0.325 e. The fraction of sp³-hybridized carbons (Fsp3) is 0.500. The molecule has 1 N–H and O–H groups in total. The van der Waals surface area contributed by atoms with Crippen molar-refractivity contribution < 1.29 is 18.0 Å². The maximum absolute atomic E-state index is 12.4. The van der Waals surface area contributed by atoms with Gasteiger partial charge in [-0.1, -0.05) is 0 Å². The Hall–Kier alpha value is -1.86. The van der Waals surface area contributed by atoms with Crippen LogP contribution in [0.3, 0.4) is 0 Å². The van der Waals surface area contributed by atoms with E-state index in [9.17, 15) is 22.8 Å². The second-order valence-electron chi connectivity index (χ2n) is 4.09. The standard InChI is InChI=1S/C10H10F3N3O2/c11-10(12,13)5-16(6-1-2-6)9(18)7-3-4-8(17)15-14-7/h3-4,6H,1-2,5H2,(H,15,17). The quantitative estimate of drug-likeness (QED) is 0.880. The zero-order chi connectivity index (χ0) is 13.3. The van der Waals surface area contributed by atoms with Crippen molar-refractivity contribution in [2.24, 2.45) is 0 Å². The molecule has 0 aromatic carbocycles. The lowest BCUT2D eigenvalue weighted by Gasteiger charge is -2.23. The number of H-pyrrole nitrogens is 1. The first kappa shape index (κ1) is 12.6. The van der Waals surface area contributed by atoms with Crippen molar-refractivity contribution in [2.45, 2.75) is 25.1 Å². The highest BCUT2D eigenvalue weighted by atomic mass is 19.4. The van der Waals surface area contributed by atoms with Crippen molar-refractivity contribution in [3.63, 3.8) is 0 Å². The maximum atomic E-state index is 12.4. The normalized spacial score (nSPS) is 15.5. The second kappa shape index (κ2) is 4.43. The lowest BCUT2D eigenvalue weighted by molar-refractivity contribution is -0.141. The first-order valence-electron chi connectivity index (χ1n) is 5.30. The topological polar surface area (TPSA) is 66.1 Å². The molecule has 1 aromatic heterocycles. The summed E-state index contributed by atoms with van der Waals surface area (Å²) in [4.78, 5) is 23.4. The van der Waals surface area contributed by atoms with Gasteiger partial charge in [0.25, 0.3) is 11.5 Å². The van der Waals surface area contributed by atoms with Crippen molar-refractivity contribution in [1.29, 1.82) is 0 Å². The number of nitrogens with zero attached hydrogens (tertiary/aromatic N) is 2. The third kappa shape index (κ3) is 3.08. The zero-order valence-electron chi connectivity index (χ0n) is 9.20.